The first-order chi connectivity index (χ1) is 12.7. The van der Waals surface area contributed by atoms with Gasteiger partial charge in [0.25, 0.3) is 5.91 Å². The summed E-state index contributed by atoms with van der Waals surface area (Å²) in [4.78, 5) is 12.2. The molecular formula is C18H19N3O5. The average molecular weight is 357 g/mol. The standard InChI is InChI=1S/C18H19N3O5/c1-23-12-21-10-13(9-19-21)20-18(22)17-8-7-16(26-17)11-25-15-5-3-14(24-2)4-6-15/h3-10H,11-12H2,1-2H3,(H,20,22). The molecular weight excluding hydrogens is 338 g/mol. The van der Waals surface area contributed by atoms with Crippen LogP contribution in [0.4, 0.5) is 5.69 Å². The Hall–Kier alpha value is -3.26. The predicted octanol–water partition coefficient (Wildman–Crippen LogP) is 2.92. The number of methoxy groups -OCH3 is 2. The summed E-state index contributed by atoms with van der Waals surface area (Å²) in [6, 6.07) is 10.5. The predicted molar refractivity (Wildman–Crippen MR) is 93.2 cm³/mol. The molecule has 136 valence electrons. The smallest absolute Gasteiger partial charge is 0.291 e. The quantitative estimate of drug-likeness (QED) is 0.667. The van der Waals surface area contributed by atoms with Gasteiger partial charge in [-0.2, -0.15) is 5.10 Å². The Balaban J connectivity index is 1.55. The molecule has 0 atom stereocenters. The number of carbonyl (C=O) groups excluding carboxylic acids is 1. The average Bonchev–Trinajstić information content (AvgIpc) is 3.30. The van der Waals surface area contributed by atoms with Crippen LogP contribution in [0.3, 0.4) is 0 Å². The molecule has 2 heterocycles. The summed E-state index contributed by atoms with van der Waals surface area (Å²) < 4.78 is 22.8. The molecule has 0 aliphatic carbocycles. The molecule has 2 aromatic heterocycles. The molecule has 0 fully saturated rings. The summed E-state index contributed by atoms with van der Waals surface area (Å²) in [5.41, 5.74) is 0.555. The molecule has 0 radical (unpaired) electrons. The number of hydrogen-bond donors (Lipinski definition) is 1. The van der Waals surface area contributed by atoms with E-state index >= 15 is 0 Å². The van der Waals surface area contributed by atoms with Crippen molar-refractivity contribution in [2.24, 2.45) is 0 Å². The molecule has 3 rings (SSSR count). The zero-order valence-electron chi connectivity index (χ0n) is 14.5. The fraction of sp³-hybridized carbons (Fsp3) is 0.222. The minimum absolute atomic E-state index is 0.192. The Morgan fingerprint density at radius 2 is 1.92 bits per heavy atom. The van der Waals surface area contributed by atoms with Gasteiger partial charge in [0.2, 0.25) is 0 Å². The van der Waals surface area contributed by atoms with Crippen LogP contribution < -0.4 is 14.8 Å². The Morgan fingerprint density at radius 3 is 2.65 bits per heavy atom. The van der Waals surface area contributed by atoms with E-state index in [1.807, 2.05) is 0 Å². The van der Waals surface area contributed by atoms with E-state index in [0.29, 0.717) is 23.9 Å². The van der Waals surface area contributed by atoms with E-state index < -0.39 is 0 Å². The lowest BCUT2D eigenvalue weighted by atomic mass is 10.3. The van der Waals surface area contributed by atoms with Crippen molar-refractivity contribution in [3.8, 4) is 11.5 Å². The molecule has 1 amide bonds. The summed E-state index contributed by atoms with van der Waals surface area (Å²) in [7, 11) is 3.17. The lowest BCUT2D eigenvalue weighted by Gasteiger charge is -2.05. The van der Waals surface area contributed by atoms with Crippen molar-refractivity contribution in [3.63, 3.8) is 0 Å². The number of amides is 1. The zero-order chi connectivity index (χ0) is 18.4. The highest BCUT2D eigenvalue weighted by Crippen LogP contribution is 2.19. The van der Waals surface area contributed by atoms with Gasteiger partial charge in [-0.3, -0.25) is 4.79 Å². The third kappa shape index (κ3) is 4.42. The number of anilines is 1. The molecule has 3 aromatic rings. The molecule has 0 spiro atoms. The molecule has 0 saturated carbocycles. The number of nitrogens with zero attached hydrogens (tertiary/aromatic N) is 2. The van der Waals surface area contributed by atoms with Crippen molar-refractivity contribution in [1.29, 1.82) is 0 Å². The van der Waals surface area contributed by atoms with Crippen LogP contribution in [-0.2, 0) is 18.1 Å². The fourth-order valence-electron chi connectivity index (χ4n) is 2.23. The van der Waals surface area contributed by atoms with Crippen molar-refractivity contribution in [2.45, 2.75) is 13.3 Å². The number of nitrogens with one attached hydrogen (secondary N) is 1. The zero-order valence-corrected chi connectivity index (χ0v) is 14.5. The Bertz CT molecular complexity index is 854. The fourth-order valence-corrected chi connectivity index (χ4v) is 2.23. The van der Waals surface area contributed by atoms with Gasteiger partial charge in [0.1, 0.15) is 30.6 Å². The third-order valence-corrected chi connectivity index (χ3v) is 3.48. The van der Waals surface area contributed by atoms with Crippen LogP contribution >= 0.6 is 0 Å². The second-order valence-corrected chi connectivity index (χ2v) is 5.37. The first-order valence-corrected chi connectivity index (χ1v) is 7.86. The summed E-state index contributed by atoms with van der Waals surface area (Å²) in [5.74, 6) is 1.80. The molecule has 0 unspecified atom stereocenters. The highest BCUT2D eigenvalue weighted by atomic mass is 16.5. The molecule has 0 aliphatic heterocycles. The van der Waals surface area contributed by atoms with Crippen molar-refractivity contribution in [1.82, 2.24) is 9.78 Å². The first-order valence-electron chi connectivity index (χ1n) is 7.86. The van der Waals surface area contributed by atoms with Crippen LogP contribution in [-0.4, -0.2) is 29.9 Å². The van der Waals surface area contributed by atoms with Crippen molar-refractivity contribution >= 4 is 11.6 Å². The van der Waals surface area contributed by atoms with Gasteiger partial charge in [-0.15, -0.1) is 0 Å². The second kappa shape index (κ2) is 8.21. The lowest BCUT2D eigenvalue weighted by Crippen LogP contribution is -2.10. The molecule has 8 nitrogen and oxygen atoms in total. The van der Waals surface area contributed by atoms with Crippen LogP contribution in [0.1, 0.15) is 16.3 Å². The Morgan fingerprint density at radius 1 is 1.15 bits per heavy atom. The van der Waals surface area contributed by atoms with Crippen LogP contribution in [0.5, 0.6) is 11.5 Å². The summed E-state index contributed by atoms with van der Waals surface area (Å²) >= 11 is 0. The first kappa shape index (κ1) is 17.6. The van der Waals surface area contributed by atoms with E-state index in [4.69, 9.17) is 18.6 Å². The summed E-state index contributed by atoms with van der Waals surface area (Å²) in [6.45, 7) is 0.523. The van der Waals surface area contributed by atoms with E-state index in [1.165, 1.54) is 6.20 Å². The number of hydrogen-bond acceptors (Lipinski definition) is 6. The maximum absolute atomic E-state index is 12.2. The number of furan rings is 1. The van der Waals surface area contributed by atoms with Gasteiger partial charge >= 0.3 is 0 Å². The maximum atomic E-state index is 12.2. The van der Waals surface area contributed by atoms with Gasteiger partial charge < -0.3 is 23.9 Å². The van der Waals surface area contributed by atoms with Crippen LogP contribution in [0.25, 0.3) is 0 Å². The Labute approximate surface area is 150 Å². The summed E-state index contributed by atoms with van der Waals surface area (Å²) in [6.07, 6.45) is 3.20. The second-order valence-electron chi connectivity index (χ2n) is 5.37. The maximum Gasteiger partial charge on any atom is 0.291 e. The third-order valence-electron chi connectivity index (χ3n) is 3.48. The number of carbonyl (C=O) groups is 1. The van der Waals surface area contributed by atoms with Gasteiger partial charge in [0.15, 0.2) is 5.76 Å². The SMILES string of the molecule is COCn1cc(NC(=O)c2ccc(COc3ccc(OC)cc3)o2)cn1. The molecule has 1 N–H and O–H groups in total. The largest absolute Gasteiger partial charge is 0.497 e. The van der Waals surface area contributed by atoms with Crippen LogP contribution in [0.2, 0.25) is 0 Å². The van der Waals surface area contributed by atoms with Crippen LogP contribution in [0.15, 0.2) is 53.2 Å². The molecule has 0 bridgehead atoms. The van der Waals surface area contributed by atoms with E-state index in [0.717, 1.165) is 5.75 Å². The van der Waals surface area contributed by atoms with Crippen LogP contribution in [0, 0.1) is 0 Å². The van der Waals surface area contributed by atoms with Gasteiger partial charge in [-0.05, 0) is 36.4 Å². The number of benzene rings is 1. The highest BCUT2D eigenvalue weighted by molar-refractivity contribution is 6.02. The molecule has 26 heavy (non-hydrogen) atoms. The highest BCUT2D eigenvalue weighted by Gasteiger charge is 2.13. The summed E-state index contributed by atoms with van der Waals surface area (Å²) in [5, 5.41) is 6.76. The van der Waals surface area contributed by atoms with Gasteiger partial charge in [0.05, 0.1) is 25.2 Å². The minimum atomic E-state index is -0.363. The molecule has 0 saturated heterocycles. The Kier molecular flexibility index (Phi) is 5.55. The number of aromatic nitrogens is 2. The lowest BCUT2D eigenvalue weighted by molar-refractivity contribution is 0.0992. The monoisotopic (exact) mass is 357 g/mol. The van der Waals surface area contributed by atoms with Crippen molar-refractivity contribution in [2.75, 3.05) is 19.5 Å². The van der Waals surface area contributed by atoms with Gasteiger partial charge in [-0.1, -0.05) is 0 Å². The molecule has 1 aromatic carbocycles. The minimum Gasteiger partial charge on any atom is -0.497 e. The van der Waals surface area contributed by atoms with Gasteiger partial charge in [0, 0.05) is 7.11 Å². The number of ether oxygens (including phenoxy) is 3. The van der Waals surface area contributed by atoms with E-state index in [1.54, 1.807) is 61.5 Å². The van der Waals surface area contributed by atoms with E-state index in [2.05, 4.69) is 10.4 Å². The van der Waals surface area contributed by atoms with Crippen molar-refractivity contribution < 1.29 is 23.4 Å². The molecule has 8 heteroatoms. The van der Waals surface area contributed by atoms with Gasteiger partial charge in [-0.25, -0.2) is 4.68 Å². The van der Waals surface area contributed by atoms with E-state index in [-0.39, 0.29) is 18.3 Å². The molecule has 0 aliphatic rings. The number of rotatable bonds is 8. The van der Waals surface area contributed by atoms with E-state index in [9.17, 15) is 4.79 Å². The normalized spacial score (nSPS) is 10.5. The van der Waals surface area contributed by atoms with Crippen molar-refractivity contribution in [3.05, 3.63) is 60.3 Å². The topological polar surface area (TPSA) is 87.8 Å².